The van der Waals surface area contributed by atoms with E-state index >= 15 is 0 Å². The topological polar surface area (TPSA) is 105 Å². The van der Waals surface area contributed by atoms with Crippen molar-refractivity contribution in [2.75, 3.05) is 31.5 Å². The monoisotopic (exact) mass is 380 g/mol. The third-order valence-corrected chi connectivity index (χ3v) is 4.25. The second-order valence-corrected chi connectivity index (χ2v) is 5.83. The molecular formula is C16H21ClN6O3. The summed E-state index contributed by atoms with van der Waals surface area (Å²) in [7, 11) is 1.89. The molecule has 140 valence electrons. The van der Waals surface area contributed by atoms with Crippen LogP contribution in [-0.4, -0.2) is 51.5 Å². The Kier molecular flexibility index (Phi) is 6.53. The highest BCUT2D eigenvalue weighted by Gasteiger charge is 2.30. The molecule has 1 aliphatic heterocycles. The van der Waals surface area contributed by atoms with Crippen molar-refractivity contribution in [2.45, 2.75) is 6.04 Å². The molecule has 1 aromatic carbocycles. The highest BCUT2D eigenvalue weighted by Crippen LogP contribution is 2.24. The number of nitro benzene ring substituents is 1. The van der Waals surface area contributed by atoms with Gasteiger partial charge in [0.25, 0.3) is 5.69 Å². The van der Waals surface area contributed by atoms with E-state index in [4.69, 9.17) is 0 Å². The van der Waals surface area contributed by atoms with Crippen LogP contribution in [0.15, 0.2) is 36.7 Å². The van der Waals surface area contributed by atoms with E-state index in [2.05, 4.69) is 15.6 Å². The Labute approximate surface area is 157 Å². The Hall–Kier alpha value is -2.65. The fraction of sp³-hybridized carbons (Fsp3) is 0.375. The maximum Gasteiger partial charge on any atom is 0.292 e. The first-order valence-electron chi connectivity index (χ1n) is 8.02. The number of nitro groups is 1. The fourth-order valence-electron chi connectivity index (χ4n) is 2.99. The lowest BCUT2D eigenvalue weighted by Crippen LogP contribution is -2.50. The number of rotatable bonds is 5. The largest absolute Gasteiger partial charge is 0.371 e. The molecular weight excluding hydrogens is 360 g/mol. The van der Waals surface area contributed by atoms with Gasteiger partial charge in [0.15, 0.2) is 0 Å². The lowest BCUT2D eigenvalue weighted by atomic mass is 10.1. The van der Waals surface area contributed by atoms with Crippen LogP contribution in [0.1, 0.15) is 11.9 Å². The van der Waals surface area contributed by atoms with E-state index in [0.717, 1.165) is 5.82 Å². The zero-order valence-electron chi connectivity index (χ0n) is 14.3. The lowest BCUT2D eigenvalue weighted by molar-refractivity contribution is -0.383. The minimum Gasteiger partial charge on any atom is -0.371 e. The summed E-state index contributed by atoms with van der Waals surface area (Å²) in [6.07, 6.45) is 3.55. The van der Waals surface area contributed by atoms with E-state index in [1.54, 1.807) is 29.3 Å². The fourth-order valence-corrected chi connectivity index (χ4v) is 2.99. The van der Waals surface area contributed by atoms with E-state index in [0.29, 0.717) is 25.3 Å². The molecule has 1 atom stereocenters. The van der Waals surface area contributed by atoms with Gasteiger partial charge >= 0.3 is 0 Å². The summed E-state index contributed by atoms with van der Waals surface area (Å²) in [4.78, 5) is 29.4. The van der Waals surface area contributed by atoms with Gasteiger partial charge in [-0.15, -0.1) is 12.4 Å². The third kappa shape index (κ3) is 4.12. The molecule has 9 nitrogen and oxygen atoms in total. The molecule has 2 heterocycles. The number of nitrogens with zero attached hydrogens (tertiary/aromatic N) is 4. The number of hydrogen-bond acceptors (Lipinski definition) is 6. The summed E-state index contributed by atoms with van der Waals surface area (Å²) in [6, 6.07) is 6.14. The standard InChI is InChI=1S/C16H20N6O3.ClH/c1-20-8-7-18-16(20)14-10-17-6-9-21(14)15(23)11-19-12-4-2-3-5-13(12)22(24)25;/h2-5,7-8,14,17,19H,6,9-11H2,1H3;1H. The highest BCUT2D eigenvalue weighted by atomic mass is 35.5. The zero-order valence-corrected chi connectivity index (χ0v) is 15.1. The van der Waals surface area contributed by atoms with Crippen molar-refractivity contribution in [3.63, 3.8) is 0 Å². The molecule has 1 amide bonds. The summed E-state index contributed by atoms with van der Waals surface area (Å²) < 4.78 is 1.90. The molecule has 3 rings (SSSR count). The van der Waals surface area contributed by atoms with Gasteiger partial charge in [-0.2, -0.15) is 0 Å². The molecule has 1 unspecified atom stereocenters. The first kappa shape index (κ1) is 19.7. The predicted octanol–water partition coefficient (Wildman–Crippen LogP) is 1.34. The van der Waals surface area contributed by atoms with Gasteiger partial charge in [-0.1, -0.05) is 12.1 Å². The van der Waals surface area contributed by atoms with Crippen LogP contribution < -0.4 is 10.6 Å². The average Bonchev–Trinajstić information content (AvgIpc) is 3.05. The van der Waals surface area contributed by atoms with Crippen molar-refractivity contribution in [1.82, 2.24) is 19.8 Å². The Bertz CT molecular complexity index is 781. The third-order valence-electron chi connectivity index (χ3n) is 4.25. The van der Waals surface area contributed by atoms with Crippen LogP contribution in [0.5, 0.6) is 0 Å². The van der Waals surface area contributed by atoms with Gasteiger partial charge in [0.2, 0.25) is 5.91 Å². The van der Waals surface area contributed by atoms with Gasteiger partial charge in [-0.05, 0) is 6.07 Å². The molecule has 1 aliphatic rings. The second kappa shape index (κ2) is 8.63. The quantitative estimate of drug-likeness (QED) is 0.599. The predicted molar refractivity (Wildman–Crippen MR) is 99.4 cm³/mol. The summed E-state index contributed by atoms with van der Waals surface area (Å²) in [5.41, 5.74) is 0.292. The first-order valence-corrected chi connectivity index (χ1v) is 8.02. The van der Waals surface area contributed by atoms with E-state index in [1.165, 1.54) is 6.07 Å². The number of imidazole rings is 1. The van der Waals surface area contributed by atoms with Crippen LogP contribution in [0, 0.1) is 10.1 Å². The molecule has 0 radical (unpaired) electrons. The van der Waals surface area contributed by atoms with Gasteiger partial charge in [0.05, 0.1) is 11.5 Å². The van der Waals surface area contributed by atoms with Gasteiger partial charge < -0.3 is 20.1 Å². The number of carbonyl (C=O) groups excluding carboxylic acids is 1. The maximum atomic E-state index is 12.7. The Morgan fingerprint density at radius 3 is 2.92 bits per heavy atom. The number of anilines is 1. The average molecular weight is 381 g/mol. The minimum absolute atomic E-state index is 0. The number of hydrogen-bond donors (Lipinski definition) is 2. The molecule has 1 fully saturated rings. The van der Waals surface area contributed by atoms with Crippen LogP contribution in [0.2, 0.25) is 0 Å². The molecule has 2 aromatic rings. The van der Waals surface area contributed by atoms with Gasteiger partial charge in [-0.3, -0.25) is 14.9 Å². The summed E-state index contributed by atoms with van der Waals surface area (Å²) >= 11 is 0. The number of carbonyl (C=O) groups is 1. The van der Waals surface area contributed by atoms with Crippen LogP contribution >= 0.6 is 12.4 Å². The van der Waals surface area contributed by atoms with Crippen molar-refractivity contribution in [3.8, 4) is 0 Å². The molecule has 2 N–H and O–H groups in total. The highest BCUT2D eigenvalue weighted by molar-refractivity contribution is 5.85. The Balaban J connectivity index is 0.00000243. The van der Waals surface area contributed by atoms with E-state index in [9.17, 15) is 14.9 Å². The van der Waals surface area contributed by atoms with E-state index in [-0.39, 0.29) is 36.6 Å². The Morgan fingerprint density at radius 2 is 2.23 bits per heavy atom. The van der Waals surface area contributed by atoms with Gasteiger partial charge in [0, 0.05) is 45.1 Å². The number of piperazine rings is 1. The van der Waals surface area contributed by atoms with Crippen LogP contribution in [0.3, 0.4) is 0 Å². The van der Waals surface area contributed by atoms with Crippen LogP contribution in [0.4, 0.5) is 11.4 Å². The smallest absolute Gasteiger partial charge is 0.292 e. The molecule has 26 heavy (non-hydrogen) atoms. The van der Waals surface area contributed by atoms with Crippen molar-refractivity contribution in [1.29, 1.82) is 0 Å². The number of benzene rings is 1. The zero-order chi connectivity index (χ0) is 17.8. The normalized spacial score (nSPS) is 16.7. The number of aromatic nitrogens is 2. The summed E-state index contributed by atoms with van der Waals surface area (Å²) in [6.45, 7) is 1.89. The van der Waals surface area contributed by atoms with Crippen molar-refractivity contribution >= 4 is 29.7 Å². The van der Waals surface area contributed by atoms with E-state index in [1.807, 2.05) is 17.8 Å². The van der Waals surface area contributed by atoms with Crippen LogP contribution in [-0.2, 0) is 11.8 Å². The number of aryl methyl sites for hydroxylation is 1. The van der Waals surface area contributed by atoms with Crippen molar-refractivity contribution in [2.24, 2.45) is 7.05 Å². The summed E-state index contributed by atoms with van der Waals surface area (Å²) in [5, 5.41) is 17.2. The van der Waals surface area contributed by atoms with E-state index < -0.39 is 4.92 Å². The number of halogens is 1. The molecule has 0 bridgehead atoms. The summed E-state index contributed by atoms with van der Waals surface area (Å²) in [5.74, 6) is 0.693. The SMILES string of the molecule is Cl.Cn1ccnc1C1CNCCN1C(=O)CNc1ccccc1[N+](=O)[O-]. The van der Waals surface area contributed by atoms with Gasteiger partial charge in [-0.25, -0.2) is 4.98 Å². The van der Waals surface area contributed by atoms with Crippen LogP contribution in [0.25, 0.3) is 0 Å². The van der Waals surface area contributed by atoms with Gasteiger partial charge in [0.1, 0.15) is 17.6 Å². The number of amides is 1. The molecule has 1 saturated heterocycles. The van der Waals surface area contributed by atoms with Crippen molar-refractivity contribution in [3.05, 3.63) is 52.6 Å². The molecule has 0 spiro atoms. The Morgan fingerprint density at radius 1 is 1.46 bits per heavy atom. The number of para-hydroxylation sites is 2. The number of nitrogens with one attached hydrogen (secondary N) is 2. The minimum atomic E-state index is -0.464. The molecule has 0 aliphatic carbocycles. The maximum absolute atomic E-state index is 12.7. The lowest BCUT2D eigenvalue weighted by Gasteiger charge is -2.35. The molecule has 0 saturated carbocycles. The second-order valence-electron chi connectivity index (χ2n) is 5.83. The molecule has 1 aromatic heterocycles. The molecule has 10 heteroatoms. The van der Waals surface area contributed by atoms with Crippen molar-refractivity contribution < 1.29 is 9.72 Å². The first-order chi connectivity index (χ1) is 12.1.